The van der Waals surface area contributed by atoms with Crippen molar-refractivity contribution in [2.24, 2.45) is 5.73 Å². The maximum Gasteiger partial charge on any atom is 0.338 e. The van der Waals surface area contributed by atoms with Crippen molar-refractivity contribution in [3.05, 3.63) is 0 Å². The molecule has 0 aromatic rings. The van der Waals surface area contributed by atoms with Crippen molar-refractivity contribution in [2.45, 2.75) is 39.5 Å². The fraction of sp³-hybridized carbons (Fsp3) is 0.900. The molecule has 0 atom stereocenters. The molecule has 0 fully saturated rings. The fourth-order valence-corrected chi connectivity index (χ4v) is 2.52. The van der Waals surface area contributed by atoms with Gasteiger partial charge in [0.25, 0.3) is 0 Å². The highest BCUT2D eigenvalue weighted by atomic mass is 31.2. The molecular formula is C10H23N2O3P. The van der Waals surface area contributed by atoms with E-state index in [9.17, 15) is 4.57 Å². The van der Waals surface area contributed by atoms with Crippen molar-refractivity contribution in [3.8, 4) is 0 Å². The molecule has 16 heavy (non-hydrogen) atoms. The lowest BCUT2D eigenvalue weighted by atomic mass is 10.4. The second kappa shape index (κ2) is 8.74. The van der Waals surface area contributed by atoms with Crippen LogP contribution in [0.5, 0.6) is 0 Å². The summed E-state index contributed by atoms with van der Waals surface area (Å²) in [6.07, 6.45) is 3.49. The molecule has 0 amide bonds. The van der Waals surface area contributed by atoms with E-state index in [2.05, 4.69) is 0 Å². The quantitative estimate of drug-likeness (QED) is 0.270. The van der Waals surface area contributed by atoms with Gasteiger partial charge in [-0.3, -0.25) is 9.97 Å². The van der Waals surface area contributed by atoms with E-state index < -0.39 is 7.60 Å². The van der Waals surface area contributed by atoms with Crippen LogP contribution in [0.15, 0.2) is 0 Å². The summed E-state index contributed by atoms with van der Waals surface area (Å²) in [6.45, 7) is 4.84. The minimum Gasteiger partial charge on any atom is -0.387 e. The predicted molar refractivity (Wildman–Crippen MR) is 66.1 cm³/mol. The van der Waals surface area contributed by atoms with Crippen LogP contribution < -0.4 is 5.73 Å². The molecule has 5 nitrogen and oxygen atoms in total. The Morgan fingerprint density at radius 2 is 1.62 bits per heavy atom. The first-order chi connectivity index (χ1) is 7.54. The third-order valence-corrected chi connectivity index (χ3v) is 3.82. The summed E-state index contributed by atoms with van der Waals surface area (Å²) >= 11 is 0. The molecule has 0 aliphatic heterocycles. The Bertz CT molecular complexity index is 232. The Balaban J connectivity index is 4.13. The van der Waals surface area contributed by atoms with E-state index in [1.807, 2.05) is 13.8 Å². The molecule has 0 aromatic heterocycles. The van der Waals surface area contributed by atoms with Gasteiger partial charge in [-0.15, -0.1) is 0 Å². The molecule has 0 saturated heterocycles. The first-order valence-electron chi connectivity index (χ1n) is 5.75. The third-order valence-electron chi connectivity index (χ3n) is 1.94. The van der Waals surface area contributed by atoms with E-state index in [0.29, 0.717) is 13.2 Å². The van der Waals surface area contributed by atoms with Gasteiger partial charge in [0.1, 0.15) is 12.0 Å². The van der Waals surface area contributed by atoms with Crippen LogP contribution in [0.25, 0.3) is 0 Å². The van der Waals surface area contributed by atoms with Crippen LogP contribution in [0.4, 0.5) is 0 Å². The fourth-order valence-electron chi connectivity index (χ4n) is 1.03. The van der Waals surface area contributed by atoms with Crippen LogP contribution in [0.1, 0.15) is 39.5 Å². The lowest BCUT2D eigenvalue weighted by Crippen LogP contribution is -2.17. The van der Waals surface area contributed by atoms with Crippen molar-refractivity contribution in [1.29, 1.82) is 5.41 Å². The van der Waals surface area contributed by atoms with E-state index in [0.717, 1.165) is 25.7 Å². The summed E-state index contributed by atoms with van der Waals surface area (Å²) in [5.74, 6) is -0.156. The number of unbranched alkanes of at least 4 members (excludes halogenated alkanes) is 2. The second-order valence-corrected chi connectivity index (χ2v) is 5.72. The minimum absolute atomic E-state index is 0.111. The molecule has 0 spiro atoms. The number of nitrogens with one attached hydrogen (secondary N) is 1. The topological polar surface area (TPSA) is 85.4 Å². The van der Waals surface area contributed by atoms with Crippen molar-refractivity contribution in [3.63, 3.8) is 0 Å². The van der Waals surface area contributed by atoms with E-state index in [4.69, 9.17) is 20.2 Å². The average Bonchev–Trinajstić information content (AvgIpc) is 2.17. The number of hydrogen-bond donors (Lipinski definition) is 2. The summed E-state index contributed by atoms with van der Waals surface area (Å²) < 4.78 is 22.6. The minimum atomic E-state index is -3.18. The third kappa shape index (κ3) is 7.85. The van der Waals surface area contributed by atoms with Gasteiger partial charge in [-0.25, -0.2) is 0 Å². The van der Waals surface area contributed by atoms with Crippen molar-refractivity contribution >= 4 is 13.4 Å². The summed E-state index contributed by atoms with van der Waals surface area (Å²) in [6, 6.07) is 0. The maximum atomic E-state index is 12.1. The first-order valence-corrected chi connectivity index (χ1v) is 7.48. The highest BCUT2D eigenvalue weighted by molar-refractivity contribution is 7.54. The zero-order valence-electron chi connectivity index (χ0n) is 10.2. The molecule has 0 radical (unpaired) electrons. The lowest BCUT2D eigenvalue weighted by Gasteiger charge is -2.17. The molecule has 0 heterocycles. The highest BCUT2D eigenvalue weighted by Crippen LogP contribution is 2.48. The molecule has 6 heteroatoms. The Hall–Kier alpha value is -0.380. The van der Waals surface area contributed by atoms with Gasteiger partial charge >= 0.3 is 7.60 Å². The normalized spacial score (nSPS) is 11.6. The second-order valence-electron chi connectivity index (χ2n) is 3.67. The van der Waals surface area contributed by atoms with Gasteiger partial charge in [-0.2, -0.15) is 0 Å². The number of nitrogens with two attached hydrogens (primary N) is 1. The SMILES string of the molecule is CCCCOP(=O)(CC(=N)N)OCCCC. The smallest absolute Gasteiger partial charge is 0.338 e. The van der Waals surface area contributed by atoms with Gasteiger partial charge in [0, 0.05) is 0 Å². The maximum absolute atomic E-state index is 12.1. The zero-order chi connectivity index (χ0) is 12.4. The number of rotatable bonds is 10. The first kappa shape index (κ1) is 15.6. The van der Waals surface area contributed by atoms with Crippen molar-refractivity contribution < 1.29 is 13.6 Å². The van der Waals surface area contributed by atoms with Crippen LogP contribution in [0.3, 0.4) is 0 Å². The van der Waals surface area contributed by atoms with Gasteiger partial charge < -0.3 is 14.8 Å². The lowest BCUT2D eigenvalue weighted by molar-refractivity contribution is 0.202. The number of hydrogen-bond acceptors (Lipinski definition) is 4. The number of amidine groups is 1. The van der Waals surface area contributed by atoms with Crippen LogP contribution in [0, 0.1) is 5.41 Å². The zero-order valence-corrected chi connectivity index (χ0v) is 11.1. The van der Waals surface area contributed by atoms with E-state index in [1.165, 1.54) is 0 Å². The Morgan fingerprint density at radius 3 is 1.94 bits per heavy atom. The molecule has 0 aromatic carbocycles. The van der Waals surface area contributed by atoms with Crippen LogP contribution in [-0.2, 0) is 13.6 Å². The predicted octanol–water partition coefficient (Wildman–Crippen LogP) is 2.75. The van der Waals surface area contributed by atoms with Gasteiger partial charge in [0.15, 0.2) is 0 Å². The highest BCUT2D eigenvalue weighted by Gasteiger charge is 2.25. The van der Waals surface area contributed by atoms with Crippen molar-refractivity contribution in [2.75, 3.05) is 19.4 Å². The average molecular weight is 250 g/mol. The molecule has 0 aliphatic carbocycles. The molecule has 96 valence electrons. The molecule has 3 N–H and O–H groups in total. The van der Waals surface area contributed by atoms with Gasteiger partial charge in [-0.05, 0) is 12.8 Å². The summed E-state index contributed by atoms with van der Waals surface area (Å²) in [7, 11) is -3.18. The van der Waals surface area contributed by atoms with Crippen LogP contribution >= 0.6 is 7.60 Å². The van der Waals surface area contributed by atoms with Gasteiger partial charge in [0.2, 0.25) is 0 Å². The molecule has 0 bridgehead atoms. The standard InChI is InChI=1S/C10H23N2O3P/c1-3-5-7-14-16(13,9-10(11)12)15-8-6-4-2/h3-9H2,1-2H3,(H3,11,12). The summed E-state index contributed by atoms with van der Waals surface area (Å²) in [5.41, 5.74) is 5.24. The van der Waals surface area contributed by atoms with E-state index >= 15 is 0 Å². The monoisotopic (exact) mass is 250 g/mol. The Morgan fingerprint density at radius 1 is 1.19 bits per heavy atom. The van der Waals surface area contributed by atoms with E-state index in [1.54, 1.807) is 0 Å². The van der Waals surface area contributed by atoms with Crippen LogP contribution in [-0.4, -0.2) is 25.2 Å². The van der Waals surface area contributed by atoms with E-state index in [-0.39, 0.29) is 12.0 Å². The molecule has 0 aliphatic rings. The summed E-state index contributed by atoms with van der Waals surface area (Å²) in [5, 5.41) is 7.16. The molecule has 0 rings (SSSR count). The van der Waals surface area contributed by atoms with Gasteiger partial charge in [0.05, 0.1) is 13.2 Å². The van der Waals surface area contributed by atoms with Crippen molar-refractivity contribution in [1.82, 2.24) is 0 Å². The Kier molecular flexibility index (Phi) is 8.53. The largest absolute Gasteiger partial charge is 0.387 e. The molecule has 0 saturated carbocycles. The summed E-state index contributed by atoms with van der Waals surface area (Å²) in [4.78, 5) is 0. The Labute approximate surface area is 97.7 Å². The molecule has 0 unspecified atom stereocenters. The molecular weight excluding hydrogens is 227 g/mol. The van der Waals surface area contributed by atoms with Gasteiger partial charge in [-0.1, -0.05) is 26.7 Å². The van der Waals surface area contributed by atoms with Crippen LogP contribution in [0.2, 0.25) is 0 Å².